The van der Waals surface area contributed by atoms with Crippen LogP contribution in [0.1, 0.15) is 70.0 Å². The lowest BCUT2D eigenvalue weighted by Gasteiger charge is -2.41. The van der Waals surface area contributed by atoms with Gasteiger partial charge in [-0.25, -0.2) is 0 Å². The second-order valence-corrected chi connectivity index (χ2v) is 9.39. The van der Waals surface area contributed by atoms with Crippen LogP contribution in [0.5, 0.6) is 0 Å². The Labute approximate surface area is 187 Å². The van der Waals surface area contributed by atoms with Gasteiger partial charge in [0.25, 0.3) is 5.91 Å². The van der Waals surface area contributed by atoms with Gasteiger partial charge in [0.15, 0.2) is 12.4 Å². The zero-order valence-electron chi connectivity index (χ0n) is 18.3. The SMILES string of the molecule is Cc1cc(NC(=O)CSCC(=O)OCC(=O)N(C2CCCCC2)C2CCCCC2)no1. The number of hydrogen-bond acceptors (Lipinski definition) is 7. The van der Waals surface area contributed by atoms with Crippen LogP contribution in [0.3, 0.4) is 0 Å². The van der Waals surface area contributed by atoms with E-state index in [4.69, 9.17) is 9.26 Å². The van der Waals surface area contributed by atoms with Crippen LogP contribution in [0.15, 0.2) is 10.6 Å². The highest BCUT2D eigenvalue weighted by atomic mass is 32.2. The van der Waals surface area contributed by atoms with Crippen molar-refractivity contribution < 1.29 is 23.6 Å². The van der Waals surface area contributed by atoms with Crippen LogP contribution in [0, 0.1) is 6.92 Å². The number of aryl methyl sites for hydroxylation is 1. The average molecular weight is 452 g/mol. The van der Waals surface area contributed by atoms with Crippen LogP contribution in [-0.4, -0.2) is 58.0 Å². The van der Waals surface area contributed by atoms with Crippen LogP contribution < -0.4 is 5.32 Å². The van der Waals surface area contributed by atoms with Crippen molar-refractivity contribution in [1.82, 2.24) is 10.1 Å². The number of rotatable bonds is 9. The largest absolute Gasteiger partial charge is 0.455 e. The number of aromatic nitrogens is 1. The number of anilines is 1. The van der Waals surface area contributed by atoms with Crippen molar-refractivity contribution >= 4 is 35.4 Å². The molecule has 0 atom stereocenters. The lowest BCUT2D eigenvalue weighted by Crippen LogP contribution is -2.50. The number of ether oxygens (including phenoxy) is 1. The smallest absolute Gasteiger partial charge is 0.316 e. The minimum atomic E-state index is -0.476. The van der Waals surface area contributed by atoms with Crippen molar-refractivity contribution in [3.8, 4) is 0 Å². The maximum absolute atomic E-state index is 13.0. The summed E-state index contributed by atoms with van der Waals surface area (Å²) in [6.45, 7) is 1.52. The molecule has 0 aromatic carbocycles. The molecule has 1 heterocycles. The predicted molar refractivity (Wildman–Crippen MR) is 119 cm³/mol. The van der Waals surface area contributed by atoms with Gasteiger partial charge < -0.3 is 19.5 Å². The quantitative estimate of drug-likeness (QED) is 0.571. The Kier molecular flexibility index (Phi) is 9.24. The topological polar surface area (TPSA) is 102 Å². The molecule has 3 rings (SSSR count). The molecule has 31 heavy (non-hydrogen) atoms. The molecule has 1 N–H and O–H groups in total. The van der Waals surface area contributed by atoms with Gasteiger partial charge in [0.2, 0.25) is 5.91 Å². The third kappa shape index (κ3) is 7.55. The van der Waals surface area contributed by atoms with E-state index in [2.05, 4.69) is 10.5 Å². The van der Waals surface area contributed by atoms with Gasteiger partial charge in [0.1, 0.15) is 5.76 Å². The fourth-order valence-corrected chi connectivity index (χ4v) is 5.12. The van der Waals surface area contributed by atoms with Crippen molar-refractivity contribution in [2.45, 2.75) is 83.2 Å². The first-order chi connectivity index (χ1) is 15.0. The van der Waals surface area contributed by atoms with Crippen molar-refractivity contribution in [3.05, 3.63) is 11.8 Å². The van der Waals surface area contributed by atoms with E-state index in [1.165, 1.54) is 12.8 Å². The fourth-order valence-electron chi connectivity index (χ4n) is 4.51. The molecule has 2 aliphatic rings. The van der Waals surface area contributed by atoms with E-state index in [0.29, 0.717) is 11.6 Å². The van der Waals surface area contributed by atoms with E-state index in [1.54, 1.807) is 13.0 Å². The minimum Gasteiger partial charge on any atom is -0.455 e. The summed E-state index contributed by atoms with van der Waals surface area (Å²) < 4.78 is 10.1. The number of esters is 1. The van der Waals surface area contributed by atoms with Gasteiger partial charge in [-0.3, -0.25) is 14.4 Å². The Hall–Kier alpha value is -2.03. The molecular weight excluding hydrogens is 418 g/mol. The van der Waals surface area contributed by atoms with Crippen LogP contribution in [0.2, 0.25) is 0 Å². The summed E-state index contributed by atoms with van der Waals surface area (Å²) in [6, 6.07) is 2.18. The first kappa shape index (κ1) is 23.6. The molecule has 2 fully saturated rings. The Balaban J connectivity index is 1.40. The number of thioether (sulfide) groups is 1. The summed E-state index contributed by atoms with van der Waals surface area (Å²) in [5.41, 5.74) is 0. The summed E-state index contributed by atoms with van der Waals surface area (Å²) in [4.78, 5) is 39.0. The van der Waals surface area contributed by atoms with Crippen molar-refractivity contribution in [1.29, 1.82) is 0 Å². The van der Waals surface area contributed by atoms with E-state index in [-0.39, 0.29) is 42.0 Å². The second kappa shape index (κ2) is 12.1. The van der Waals surface area contributed by atoms with E-state index in [0.717, 1.165) is 63.1 Å². The van der Waals surface area contributed by atoms with Gasteiger partial charge in [0.05, 0.1) is 11.5 Å². The first-order valence-corrected chi connectivity index (χ1v) is 12.5. The highest BCUT2D eigenvalue weighted by Gasteiger charge is 2.32. The number of hydrogen-bond donors (Lipinski definition) is 1. The molecule has 2 amide bonds. The fraction of sp³-hybridized carbons (Fsp3) is 0.727. The van der Waals surface area contributed by atoms with Crippen LogP contribution in [0.4, 0.5) is 5.82 Å². The molecule has 172 valence electrons. The molecule has 0 radical (unpaired) electrons. The van der Waals surface area contributed by atoms with Gasteiger partial charge in [-0.05, 0) is 32.6 Å². The van der Waals surface area contributed by atoms with E-state index < -0.39 is 5.97 Å². The molecule has 1 aromatic rings. The lowest BCUT2D eigenvalue weighted by atomic mass is 9.88. The van der Waals surface area contributed by atoms with Crippen LogP contribution >= 0.6 is 11.8 Å². The van der Waals surface area contributed by atoms with Crippen molar-refractivity contribution in [3.63, 3.8) is 0 Å². The van der Waals surface area contributed by atoms with Crippen molar-refractivity contribution in [2.24, 2.45) is 0 Å². The van der Waals surface area contributed by atoms with E-state index >= 15 is 0 Å². The molecule has 0 aliphatic heterocycles. The summed E-state index contributed by atoms with van der Waals surface area (Å²) in [7, 11) is 0. The summed E-state index contributed by atoms with van der Waals surface area (Å²) in [5, 5.41) is 6.29. The monoisotopic (exact) mass is 451 g/mol. The molecule has 1 aromatic heterocycles. The maximum Gasteiger partial charge on any atom is 0.316 e. The zero-order chi connectivity index (χ0) is 22.1. The maximum atomic E-state index is 13.0. The summed E-state index contributed by atoms with van der Waals surface area (Å²) >= 11 is 1.14. The van der Waals surface area contributed by atoms with Crippen molar-refractivity contribution in [2.75, 3.05) is 23.4 Å². The zero-order valence-corrected chi connectivity index (χ0v) is 19.1. The predicted octanol–water partition coefficient (Wildman–Crippen LogP) is 3.69. The van der Waals surface area contributed by atoms with Crippen LogP contribution in [-0.2, 0) is 19.1 Å². The average Bonchev–Trinajstić information content (AvgIpc) is 3.18. The second-order valence-electron chi connectivity index (χ2n) is 8.41. The Morgan fingerprint density at radius 2 is 1.68 bits per heavy atom. The standard InChI is InChI=1S/C22H33N3O5S/c1-16-12-19(24-30-16)23-20(26)14-31-15-22(28)29-13-21(27)25(17-8-4-2-5-9-17)18-10-6-3-7-11-18/h12,17-18H,2-11,13-15H2,1H3,(H,23,24,26). The van der Waals surface area contributed by atoms with Gasteiger partial charge in [-0.15, -0.1) is 11.8 Å². The number of nitrogens with zero attached hydrogens (tertiary/aromatic N) is 2. The van der Waals surface area contributed by atoms with Gasteiger partial charge in [0, 0.05) is 18.2 Å². The van der Waals surface area contributed by atoms with Gasteiger partial charge >= 0.3 is 5.97 Å². The third-order valence-corrected chi connectivity index (χ3v) is 6.84. The number of carbonyl (C=O) groups excluding carboxylic acids is 3. The number of amides is 2. The minimum absolute atomic E-state index is 0.0192. The van der Waals surface area contributed by atoms with Gasteiger partial charge in [-0.2, -0.15) is 0 Å². The van der Waals surface area contributed by atoms with E-state index in [9.17, 15) is 14.4 Å². The Morgan fingerprint density at radius 3 is 2.23 bits per heavy atom. The summed E-state index contributed by atoms with van der Waals surface area (Å²) in [6.07, 6.45) is 11.3. The highest BCUT2D eigenvalue weighted by molar-refractivity contribution is 8.00. The molecule has 2 aliphatic carbocycles. The number of carbonyl (C=O) groups is 3. The molecule has 0 spiro atoms. The van der Waals surface area contributed by atoms with Gasteiger partial charge in [-0.1, -0.05) is 43.7 Å². The molecular formula is C22H33N3O5S. The van der Waals surface area contributed by atoms with E-state index in [1.807, 2.05) is 4.90 Å². The molecule has 0 saturated heterocycles. The Bertz CT molecular complexity index is 723. The third-order valence-electron chi connectivity index (χ3n) is 5.93. The normalized spacial score (nSPS) is 17.8. The first-order valence-electron chi connectivity index (χ1n) is 11.3. The molecule has 0 bridgehead atoms. The highest BCUT2D eigenvalue weighted by Crippen LogP contribution is 2.30. The molecule has 2 saturated carbocycles. The number of nitrogens with one attached hydrogen (secondary N) is 1. The lowest BCUT2D eigenvalue weighted by molar-refractivity contribution is -0.153. The Morgan fingerprint density at radius 1 is 1.06 bits per heavy atom. The summed E-state index contributed by atoms with van der Waals surface area (Å²) in [5.74, 6) is 0.236. The molecule has 9 heteroatoms. The molecule has 0 unspecified atom stereocenters. The van der Waals surface area contributed by atoms with Crippen LogP contribution in [0.25, 0.3) is 0 Å². The molecule has 8 nitrogen and oxygen atoms in total.